The highest BCUT2D eigenvalue weighted by molar-refractivity contribution is 7.47. The fraction of sp³-hybridized carbons (Fsp3) is 0.945. The molecule has 0 saturated carbocycles. The number of hydrogen-bond acceptors (Lipinski definition) is 15. The summed E-state index contributed by atoms with van der Waals surface area (Å²) in [6.45, 7) is 14.1. The van der Waals surface area contributed by atoms with Crippen LogP contribution in [-0.2, 0) is 65.4 Å². The van der Waals surface area contributed by atoms with Gasteiger partial charge in [0.05, 0.1) is 26.4 Å². The van der Waals surface area contributed by atoms with Crippen LogP contribution in [0.2, 0.25) is 0 Å². The molecule has 17 nitrogen and oxygen atoms in total. The molecule has 0 aromatic heterocycles. The normalized spacial score (nSPS) is 14.8. The molecule has 0 aliphatic rings. The monoisotopic (exact) mass is 1350 g/mol. The average molecular weight is 1350 g/mol. The number of carbonyl (C=O) groups is 4. The Labute approximate surface area is 562 Å². The molecule has 0 amide bonds. The zero-order chi connectivity index (χ0) is 68.2. The van der Waals surface area contributed by atoms with E-state index in [0.717, 1.165) is 120 Å². The SMILES string of the molecule is CCC(C)CCCCCCCCCCC(=O)O[C@H](COC(=O)CCCCCCCCC(C)CC)COP(=O)(O)OC[C@H](O)COP(=O)(O)OC[C@@H](COC(=O)CCCCCCCCCCCCCCCCCC(C)C)OC(=O)CCCCCCCCCCCC(C)C. The lowest BCUT2D eigenvalue weighted by Crippen LogP contribution is -2.30. The second-order valence-electron chi connectivity index (χ2n) is 27.8. The molecule has 0 aliphatic heterocycles. The van der Waals surface area contributed by atoms with Crippen molar-refractivity contribution in [2.24, 2.45) is 23.7 Å². The van der Waals surface area contributed by atoms with Crippen LogP contribution >= 0.6 is 15.6 Å². The fourth-order valence-corrected chi connectivity index (χ4v) is 12.5. The minimum absolute atomic E-state index is 0.104. The third-order valence-electron chi connectivity index (χ3n) is 17.5. The summed E-state index contributed by atoms with van der Waals surface area (Å²) >= 11 is 0. The molecule has 0 bridgehead atoms. The Bertz CT molecular complexity index is 1820. The van der Waals surface area contributed by atoms with E-state index < -0.39 is 97.5 Å². The molecule has 3 N–H and O–H groups in total. The van der Waals surface area contributed by atoms with Crippen molar-refractivity contribution < 1.29 is 80.2 Å². The summed E-state index contributed by atoms with van der Waals surface area (Å²) in [5.74, 6) is 0.915. The maximum Gasteiger partial charge on any atom is 0.472 e. The van der Waals surface area contributed by atoms with Crippen molar-refractivity contribution in [2.45, 2.75) is 382 Å². The zero-order valence-corrected chi connectivity index (χ0v) is 62.0. The van der Waals surface area contributed by atoms with Crippen LogP contribution in [-0.4, -0.2) is 96.7 Å². The van der Waals surface area contributed by atoms with E-state index in [1.54, 1.807) is 0 Å². The molecule has 0 heterocycles. The minimum atomic E-state index is -4.96. The van der Waals surface area contributed by atoms with Gasteiger partial charge in [-0.2, -0.15) is 0 Å². The Morgan fingerprint density at radius 2 is 0.522 bits per heavy atom. The molecule has 7 atom stereocenters. The highest BCUT2D eigenvalue weighted by Crippen LogP contribution is 2.45. The lowest BCUT2D eigenvalue weighted by Gasteiger charge is -2.21. The Morgan fingerprint density at radius 1 is 0.304 bits per heavy atom. The van der Waals surface area contributed by atoms with Gasteiger partial charge in [-0.05, 0) is 49.4 Å². The molecule has 4 unspecified atom stereocenters. The predicted octanol–water partition coefficient (Wildman–Crippen LogP) is 20.9. The van der Waals surface area contributed by atoms with Crippen molar-refractivity contribution in [2.75, 3.05) is 39.6 Å². The molecule has 0 saturated heterocycles. The van der Waals surface area contributed by atoms with Crippen molar-refractivity contribution in [1.82, 2.24) is 0 Å². The highest BCUT2D eigenvalue weighted by atomic mass is 31.2. The van der Waals surface area contributed by atoms with Gasteiger partial charge < -0.3 is 33.8 Å². The summed E-state index contributed by atoms with van der Waals surface area (Å²) in [6.07, 6.45) is 45.8. The van der Waals surface area contributed by atoms with Crippen LogP contribution in [0.15, 0.2) is 0 Å². The second-order valence-corrected chi connectivity index (χ2v) is 30.7. The molecular formula is C73H142O17P2. The summed E-state index contributed by atoms with van der Waals surface area (Å²) < 4.78 is 68.4. The summed E-state index contributed by atoms with van der Waals surface area (Å²) in [5.41, 5.74) is 0. The first-order chi connectivity index (χ1) is 44.2. The largest absolute Gasteiger partial charge is 0.472 e. The van der Waals surface area contributed by atoms with E-state index in [1.807, 2.05) is 0 Å². The number of unbranched alkanes of at least 4 members (excludes halogenated alkanes) is 34. The molecule has 0 rings (SSSR count). The fourth-order valence-electron chi connectivity index (χ4n) is 11.0. The van der Waals surface area contributed by atoms with Gasteiger partial charge in [0.25, 0.3) is 0 Å². The summed E-state index contributed by atoms with van der Waals surface area (Å²) in [6, 6.07) is 0. The molecule has 0 spiro atoms. The van der Waals surface area contributed by atoms with Crippen LogP contribution in [0.3, 0.4) is 0 Å². The number of rotatable bonds is 70. The van der Waals surface area contributed by atoms with E-state index in [2.05, 4.69) is 55.4 Å². The smallest absolute Gasteiger partial charge is 0.462 e. The topological polar surface area (TPSA) is 237 Å². The van der Waals surface area contributed by atoms with E-state index >= 15 is 0 Å². The molecule has 546 valence electrons. The number of phosphoric ester groups is 2. The first-order valence-electron chi connectivity index (χ1n) is 37.8. The lowest BCUT2D eigenvalue weighted by atomic mass is 9.99. The Balaban J connectivity index is 5.23. The van der Waals surface area contributed by atoms with Gasteiger partial charge in [-0.15, -0.1) is 0 Å². The third kappa shape index (κ3) is 64.1. The minimum Gasteiger partial charge on any atom is -0.462 e. The molecule has 0 aromatic rings. The van der Waals surface area contributed by atoms with E-state index in [-0.39, 0.29) is 25.7 Å². The molecule has 0 fully saturated rings. The Hall–Kier alpha value is -1.94. The van der Waals surface area contributed by atoms with Crippen molar-refractivity contribution in [3.63, 3.8) is 0 Å². The van der Waals surface area contributed by atoms with Gasteiger partial charge >= 0.3 is 39.5 Å². The van der Waals surface area contributed by atoms with Gasteiger partial charge in [0.15, 0.2) is 12.2 Å². The molecular weight excluding hydrogens is 1210 g/mol. The summed E-state index contributed by atoms with van der Waals surface area (Å²) in [4.78, 5) is 72.7. The van der Waals surface area contributed by atoms with E-state index in [9.17, 15) is 43.2 Å². The molecule has 19 heteroatoms. The van der Waals surface area contributed by atoms with Gasteiger partial charge in [0.2, 0.25) is 0 Å². The van der Waals surface area contributed by atoms with Crippen LogP contribution in [0.4, 0.5) is 0 Å². The predicted molar refractivity (Wildman–Crippen MR) is 372 cm³/mol. The van der Waals surface area contributed by atoms with Crippen LogP contribution in [0.1, 0.15) is 364 Å². The molecule has 0 radical (unpaired) electrons. The Morgan fingerprint density at radius 3 is 0.772 bits per heavy atom. The van der Waals surface area contributed by atoms with Gasteiger partial charge in [-0.1, -0.05) is 312 Å². The van der Waals surface area contributed by atoms with E-state index in [1.165, 1.54) is 161 Å². The third-order valence-corrected chi connectivity index (χ3v) is 19.4. The number of aliphatic hydroxyl groups excluding tert-OH is 1. The van der Waals surface area contributed by atoms with Crippen molar-refractivity contribution >= 4 is 39.5 Å². The van der Waals surface area contributed by atoms with Crippen LogP contribution in [0.5, 0.6) is 0 Å². The summed E-state index contributed by atoms with van der Waals surface area (Å²) in [5, 5.41) is 10.6. The molecule has 0 aliphatic carbocycles. The van der Waals surface area contributed by atoms with Crippen molar-refractivity contribution in [3.05, 3.63) is 0 Å². The maximum atomic E-state index is 13.0. The van der Waals surface area contributed by atoms with Gasteiger partial charge in [-0.3, -0.25) is 37.3 Å². The maximum absolute atomic E-state index is 13.0. The number of aliphatic hydroxyl groups is 1. The molecule has 0 aromatic carbocycles. The van der Waals surface area contributed by atoms with E-state index in [0.29, 0.717) is 25.7 Å². The second kappa shape index (κ2) is 62.6. The Kier molecular flexibility index (Phi) is 61.3. The standard InChI is InChI=1S/C73H142O17P2/c1-9-65(7)51-43-35-27-23-24-30-40-48-56-73(78)90-69(60-84-71(76)54-46-38-32-31-36-44-52-66(8)10-2)62-88-92(81,82)86-58-67(74)57-85-91(79,80)87-61-68(89-72(77)55-47-39-29-22-18-20-26-34-42-50-64(5)6)59-83-70(75)53-45-37-28-21-17-15-13-11-12-14-16-19-25-33-41-49-63(3)4/h63-69,74H,9-62H2,1-8H3,(H,79,80)(H,81,82)/t65?,66?,67-,68-,69-/m1/s1. The van der Waals surface area contributed by atoms with Gasteiger partial charge in [-0.25, -0.2) is 9.13 Å². The average Bonchev–Trinajstić information content (AvgIpc) is 3.73. The number of hydrogen-bond donors (Lipinski definition) is 3. The first kappa shape index (κ1) is 90.1. The van der Waals surface area contributed by atoms with Crippen LogP contribution in [0, 0.1) is 23.7 Å². The molecule has 92 heavy (non-hydrogen) atoms. The van der Waals surface area contributed by atoms with Crippen molar-refractivity contribution in [3.8, 4) is 0 Å². The highest BCUT2D eigenvalue weighted by Gasteiger charge is 2.30. The van der Waals surface area contributed by atoms with Crippen LogP contribution in [0.25, 0.3) is 0 Å². The number of phosphoric acid groups is 2. The lowest BCUT2D eigenvalue weighted by molar-refractivity contribution is -0.161. The van der Waals surface area contributed by atoms with Gasteiger partial charge in [0, 0.05) is 25.7 Å². The summed E-state index contributed by atoms with van der Waals surface area (Å²) in [7, 11) is -9.91. The first-order valence-corrected chi connectivity index (χ1v) is 40.8. The van der Waals surface area contributed by atoms with Crippen LogP contribution < -0.4 is 0 Å². The number of ether oxygens (including phenoxy) is 4. The number of carbonyl (C=O) groups excluding carboxylic acids is 4. The zero-order valence-electron chi connectivity index (χ0n) is 60.2. The van der Waals surface area contributed by atoms with Gasteiger partial charge in [0.1, 0.15) is 19.3 Å². The number of esters is 4. The van der Waals surface area contributed by atoms with E-state index in [4.69, 9.17) is 37.0 Å². The van der Waals surface area contributed by atoms with Crippen molar-refractivity contribution in [1.29, 1.82) is 0 Å². The quantitative estimate of drug-likeness (QED) is 0.0222.